The summed E-state index contributed by atoms with van der Waals surface area (Å²) < 4.78 is 16.7. The Bertz CT molecular complexity index is 357. The maximum absolute atomic E-state index is 12.4. The van der Waals surface area contributed by atoms with Gasteiger partial charge in [0.1, 0.15) is 11.3 Å². The summed E-state index contributed by atoms with van der Waals surface area (Å²) in [5.41, 5.74) is -1.48. The van der Waals surface area contributed by atoms with Crippen molar-refractivity contribution >= 4 is 6.09 Å². The molecule has 118 valence electrons. The second kappa shape index (κ2) is 5.53. The Kier molecular flexibility index (Phi) is 4.76. The number of methoxy groups -OCH3 is 1. The molecule has 1 unspecified atom stereocenters. The minimum atomic E-state index is -0.656. The number of ether oxygens (including phenoxy) is 3. The lowest BCUT2D eigenvalue weighted by Crippen LogP contribution is -2.51. The van der Waals surface area contributed by atoms with Crippen LogP contribution in [-0.2, 0) is 14.2 Å². The van der Waals surface area contributed by atoms with Crippen molar-refractivity contribution in [2.45, 2.75) is 77.9 Å². The molecule has 1 rings (SSSR count). The van der Waals surface area contributed by atoms with Crippen molar-refractivity contribution in [3.05, 3.63) is 0 Å². The Morgan fingerprint density at radius 2 is 1.85 bits per heavy atom. The van der Waals surface area contributed by atoms with Crippen LogP contribution in [0.4, 0.5) is 4.79 Å². The monoisotopic (exact) mass is 287 g/mol. The van der Waals surface area contributed by atoms with E-state index in [2.05, 4.69) is 0 Å². The van der Waals surface area contributed by atoms with Crippen LogP contribution in [0.2, 0.25) is 0 Å². The van der Waals surface area contributed by atoms with Gasteiger partial charge in [-0.1, -0.05) is 0 Å². The summed E-state index contributed by atoms with van der Waals surface area (Å²) >= 11 is 0. The Morgan fingerprint density at radius 1 is 1.30 bits per heavy atom. The Morgan fingerprint density at radius 3 is 2.30 bits per heavy atom. The second-order valence-corrected chi connectivity index (χ2v) is 7.43. The van der Waals surface area contributed by atoms with Crippen LogP contribution in [0.1, 0.15) is 54.9 Å². The van der Waals surface area contributed by atoms with E-state index in [1.165, 1.54) is 0 Å². The number of amides is 1. The highest BCUT2D eigenvalue weighted by Crippen LogP contribution is 2.33. The molecule has 0 aliphatic carbocycles. The maximum atomic E-state index is 12.4. The number of rotatable bonds is 3. The molecule has 1 atom stereocenters. The predicted octanol–water partition coefficient (Wildman–Crippen LogP) is 3.17. The van der Waals surface area contributed by atoms with Crippen LogP contribution in [0.25, 0.3) is 0 Å². The van der Waals surface area contributed by atoms with E-state index in [0.717, 1.165) is 0 Å². The lowest BCUT2D eigenvalue weighted by atomic mass is 9.98. The molecular formula is C15H29NO4. The van der Waals surface area contributed by atoms with Gasteiger partial charge in [-0.3, -0.25) is 4.90 Å². The van der Waals surface area contributed by atoms with Crippen LogP contribution in [-0.4, -0.2) is 47.7 Å². The van der Waals surface area contributed by atoms with Crippen molar-refractivity contribution in [1.29, 1.82) is 0 Å². The standard InChI is InChI=1S/C15H29NO4/c1-13(2,3)20-12(17)16-11(9-14(4,5)18-8)10-19-15(16,6)7/h11H,9-10H2,1-8H3. The topological polar surface area (TPSA) is 48.0 Å². The van der Waals surface area contributed by atoms with Gasteiger partial charge in [0, 0.05) is 7.11 Å². The fraction of sp³-hybridized carbons (Fsp3) is 0.933. The van der Waals surface area contributed by atoms with E-state index in [1.807, 2.05) is 48.5 Å². The molecular weight excluding hydrogens is 258 g/mol. The highest BCUT2D eigenvalue weighted by Gasteiger charge is 2.47. The summed E-state index contributed by atoms with van der Waals surface area (Å²) in [7, 11) is 1.68. The van der Waals surface area contributed by atoms with Gasteiger partial charge >= 0.3 is 6.09 Å². The van der Waals surface area contributed by atoms with Crippen molar-refractivity contribution < 1.29 is 19.0 Å². The van der Waals surface area contributed by atoms with Crippen LogP contribution in [0.15, 0.2) is 0 Å². The molecule has 1 aliphatic rings. The summed E-state index contributed by atoms with van der Waals surface area (Å²) in [6, 6.07) is -0.0465. The van der Waals surface area contributed by atoms with Gasteiger partial charge in [-0.05, 0) is 54.9 Å². The summed E-state index contributed by atoms with van der Waals surface area (Å²) in [6.45, 7) is 13.9. The average molecular weight is 287 g/mol. The van der Waals surface area contributed by atoms with Gasteiger partial charge in [0.25, 0.3) is 0 Å². The molecule has 5 heteroatoms. The molecule has 0 saturated carbocycles. The van der Waals surface area contributed by atoms with Crippen molar-refractivity contribution in [1.82, 2.24) is 4.90 Å². The van der Waals surface area contributed by atoms with Crippen LogP contribution in [0.5, 0.6) is 0 Å². The minimum absolute atomic E-state index is 0.0465. The van der Waals surface area contributed by atoms with Gasteiger partial charge in [-0.15, -0.1) is 0 Å². The third-order valence-electron chi connectivity index (χ3n) is 3.44. The van der Waals surface area contributed by atoms with Crippen molar-refractivity contribution in [2.24, 2.45) is 0 Å². The summed E-state index contributed by atoms with van der Waals surface area (Å²) in [4.78, 5) is 14.1. The summed E-state index contributed by atoms with van der Waals surface area (Å²) in [5, 5.41) is 0. The quantitative estimate of drug-likeness (QED) is 0.800. The molecule has 0 aromatic carbocycles. The highest BCUT2D eigenvalue weighted by molar-refractivity contribution is 5.69. The second-order valence-electron chi connectivity index (χ2n) is 7.43. The molecule has 20 heavy (non-hydrogen) atoms. The van der Waals surface area contributed by atoms with Crippen molar-refractivity contribution in [3.63, 3.8) is 0 Å². The number of hydrogen-bond donors (Lipinski definition) is 0. The van der Waals surface area contributed by atoms with Gasteiger partial charge in [-0.25, -0.2) is 4.79 Å². The molecule has 1 aliphatic heterocycles. The van der Waals surface area contributed by atoms with Gasteiger partial charge in [-0.2, -0.15) is 0 Å². The molecule has 1 amide bonds. The fourth-order valence-corrected chi connectivity index (χ4v) is 2.36. The van der Waals surface area contributed by atoms with Gasteiger partial charge in [0.2, 0.25) is 0 Å². The molecule has 5 nitrogen and oxygen atoms in total. The van der Waals surface area contributed by atoms with Gasteiger partial charge in [0.15, 0.2) is 0 Å². The average Bonchev–Trinajstić information content (AvgIpc) is 2.50. The number of carbonyl (C=O) groups excluding carboxylic acids is 1. The first-order valence-corrected chi connectivity index (χ1v) is 7.09. The number of carbonyl (C=O) groups is 1. The van der Waals surface area contributed by atoms with Crippen LogP contribution in [0, 0.1) is 0 Å². The predicted molar refractivity (Wildman–Crippen MR) is 77.6 cm³/mol. The smallest absolute Gasteiger partial charge is 0.412 e. The van der Waals surface area contributed by atoms with E-state index >= 15 is 0 Å². The summed E-state index contributed by atoms with van der Waals surface area (Å²) in [5.74, 6) is 0. The SMILES string of the molecule is COC(C)(C)CC1COC(C)(C)N1C(=O)OC(C)(C)C. The first kappa shape index (κ1) is 17.2. The molecule has 0 radical (unpaired) electrons. The Hall–Kier alpha value is -0.810. The Labute approximate surface area is 122 Å². The first-order valence-electron chi connectivity index (χ1n) is 7.09. The minimum Gasteiger partial charge on any atom is -0.444 e. The zero-order valence-electron chi connectivity index (χ0n) is 14.1. The van der Waals surface area contributed by atoms with E-state index in [-0.39, 0.29) is 17.7 Å². The molecule has 0 spiro atoms. The maximum Gasteiger partial charge on any atom is 0.412 e. The van der Waals surface area contributed by atoms with E-state index in [4.69, 9.17) is 14.2 Å². The molecule has 0 aromatic rings. The molecule has 1 heterocycles. The Balaban J connectivity index is 2.88. The fourth-order valence-electron chi connectivity index (χ4n) is 2.36. The van der Waals surface area contributed by atoms with E-state index in [0.29, 0.717) is 13.0 Å². The van der Waals surface area contributed by atoms with E-state index in [9.17, 15) is 4.79 Å². The zero-order valence-corrected chi connectivity index (χ0v) is 14.1. The largest absolute Gasteiger partial charge is 0.444 e. The van der Waals surface area contributed by atoms with E-state index in [1.54, 1.807) is 12.0 Å². The highest BCUT2D eigenvalue weighted by atomic mass is 16.6. The van der Waals surface area contributed by atoms with Gasteiger partial charge in [0.05, 0.1) is 18.2 Å². The lowest BCUT2D eigenvalue weighted by Gasteiger charge is -2.37. The van der Waals surface area contributed by atoms with Crippen LogP contribution in [0.3, 0.4) is 0 Å². The van der Waals surface area contributed by atoms with Crippen molar-refractivity contribution in [2.75, 3.05) is 13.7 Å². The first-order chi connectivity index (χ1) is 8.88. The number of hydrogen-bond acceptors (Lipinski definition) is 4. The van der Waals surface area contributed by atoms with Crippen LogP contribution >= 0.6 is 0 Å². The van der Waals surface area contributed by atoms with Crippen molar-refractivity contribution in [3.8, 4) is 0 Å². The molecule has 1 saturated heterocycles. The molecule has 0 N–H and O–H groups in total. The molecule has 1 fully saturated rings. The molecule has 0 aromatic heterocycles. The number of nitrogens with zero attached hydrogens (tertiary/aromatic N) is 1. The lowest BCUT2D eigenvalue weighted by molar-refractivity contribution is -0.0667. The summed E-state index contributed by atoms with van der Waals surface area (Å²) in [6.07, 6.45) is 0.364. The van der Waals surface area contributed by atoms with E-state index < -0.39 is 11.3 Å². The molecule has 0 bridgehead atoms. The van der Waals surface area contributed by atoms with Gasteiger partial charge < -0.3 is 14.2 Å². The normalized spacial score (nSPS) is 23.0. The zero-order chi connectivity index (χ0) is 15.8. The third-order valence-corrected chi connectivity index (χ3v) is 3.44. The third kappa shape index (κ3) is 4.35. The van der Waals surface area contributed by atoms with Crippen LogP contribution < -0.4 is 0 Å².